The highest BCUT2D eigenvalue weighted by Gasteiger charge is 2.32. The molecule has 2 heterocycles. The molecule has 1 amide bonds. The molecule has 1 N–H and O–H groups in total. The van der Waals surface area contributed by atoms with Gasteiger partial charge in [0.15, 0.2) is 0 Å². The van der Waals surface area contributed by atoms with Crippen molar-refractivity contribution in [1.29, 1.82) is 0 Å². The first-order valence-electron chi connectivity index (χ1n) is 7.39. The van der Waals surface area contributed by atoms with Gasteiger partial charge in [-0.3, -0.25) is 9.78 Å². The van der Waals surface area contributed by atoms with Gasteiger partial charge in [-0.05, 0) is 24.3 Å². The lowest BCUT2D eigenvalue weighted by atomic mass is 9.87. The van der Waals surface area contributed by atoms with E-state index in [2.05, 4.69) is 10.3 Å². The summed E-state index contributed by atoms with van der Waals surface area (Å²) in [5.74, 6) is 0.938. The van der Waals surface area contributed by atoms with E-state index in [0.29, 0.717) is 5.69 Å². The number of nitrogens with one attached hydrogen (secondary N) is 1. The van der Waals surface area contributed by atoms with Crippen LogP contribution in [0.15, 0.2) is 73.1 Å². The molecule has 1 aliphatic heterocycles. The van der Waals surface area contributed by atoms with E-state index >= 15 is 0 Å². The van der Waals surface area contributed by atoms with Gasteiger partial charge < -0.3 is 10.1 Å². The van der Waals surface area contributed by atoms with Crippen LogP contribution >= 0.6 is 0 Å². The number of carbonyl (C=O) groups is 1. The molecule has 0 saturated carbocycles. The second-order valence-corrected chi connectivity index (χ2v) is 5.34. The summed E-state index contributed by atoms with van der Waals surface area (Å²) in [5, 5.41) is 2.94. The van der Waals surface area contributed by atoms with Gasteiger partial charge in [0.05, 0.1) is 17.8 Å². The minimum absolute atomic E-state index is 0.0961. The molecular formula is C19H14N2O2. The molecule has 4 rings (SSSR count). The lowest BCUT2D eigenvalue weighted by Gasteiger charge is -2.27. The Balaban J connectivity index is 1.77. The molecule has 0 atom stereocenters. The van der Waals surface area contributed by atoms with Crippen LogP contribution in [-0.2, 0) is 4.79 Å². The number of rotatable bonds is 2. The van der Waals surface area contributed by atoms with E-state index in [-0.39, 0.29) is 5.91 Å². The highest BCUT2D eigenvalue weighted by molar-refractivity contribution is 5.99. The van der Waals surface area contributed by atoms with Crippen molar-refractivity contribution < 1.29 is 9.53 Å². The zero-order valence-electron chi connectivity index (χ0n) is 12.3. The summed E-state index contributed by atoms with van der Waals surface area (Å²) in [6, 6.07) is 18.9. The van der Waals surface area contributed by atoms with Crippen LogP contribution in [0.2, 0.25) is 0 Å². The van der Waals surface area contributed by atoms with Crippen molar-refractivity contribution in [3.8, 4) is 11.5 Å². The van der Waals surface area contributed by atoms with Crippen LogP contribution in [0.25, 0.3) is 0 Å². The number of hydrogen-bond donors (Lipinski definition) is 1. The van der Waals surface area contributed by atoms with Crippen molar-refractivity contribution >= 4 is 11.6 Å². The first-order chi connectivity index (χ1) is 11.3. The zero-order chi connectivity index (χ0) is 15.6. The summed E-state index contributed by atoms with van der Waals surface area (Å²) < 4.78 is 5.92. The standard InChI is InChI=1S/C19H14N2O2/c22-19(21-13-6-5-11-20-12-13)18-14-7-1-3-9-16(14)23-17-10-4-2-8-15(17)18/h1-12,18H,(H,21,22). The van der Waals surface area contributed by atoms with Crippen LogP contribution in [0.5, 0.6) is 11.5 Å². The van der Waals surface area contributed by atoms with Gasteiger partial charge in [0, 0.05) is 17.3 Å². The average Bonchev–Trinajstić information content (AvgIpc) is 2.60. The number of carbonyl (C=O) groups excluding carboxylic acids is 1. The number of ether oxygens (including phenoxy) is 1. The first kappa shape index (κ1) is 13.5. The summed E-state index contributed by atoms with van der Waals surface area (Å²) in [6.45, 7) is 0. The molecule has 0 spiro atoms. The third kappa shape index (κ3) is 2.44. The van der Waals surface area contributed by atoms with Crippen molar-refractivity contribution in [2.24, 2.45) is 0 Å². The molecule has 3 aromatic rings. The van der Waals surface area contributed by atoms with E-state index in [1.807, 2.05) is 54.6 Å². The van der Waals surface area contributed by atoms with Crippen molar-refractivity contribution in [1.82, 2.24) is 4.98 Å². The maximum Gasteiger partial charge on any atom is 0.236 e. The monoisotopic (exact) mass is 302 g/mol. The summed E-state index contributed by atoms with van der Waals surface area (Å²) in [5.41, 5.74) is 2.42. The quantitative estimate of drug-likeness (QED) is 0.779. The van der Waals surface area contributed by atoms with Crippen LogP contribution < -0.4 is 10.1 Å². The number of fused-ring (bicyclic) bond motifs is 2. The molecular weight excluding hydrogens is 288 g/mol. The lowest BCUT2D eigenvalue weighted by Crippen LogP contribution is -2.25. The third-order valence-electron chi connectivity index (χ3n) is 3.87. The number of pyridine rings is 1. The van der Waals surface area contributed by atoms with Gasteiger partial charge >= 0.3 is 0 Å². The van der Waals surface area contributed by atoms with E-state index in [4.69, 9.17) is 4.74 Å². The summed E-state index contributed by atoms with van der Waals surface area (Å²) in [6.07, 6.45) is 3.31. The van der Waals surface area contributed by atoms with Crippen molar-refractivity contribution in [2.75, 3.05) is 5.32 Å². The predicted molar refractivity (Wildman–Crippen MR) is 87.7 cm³/mol. The molecule has 4 nitrogen and oxygen atoms in total. The predicted octanol–water partition coefficient (Wildman–Crippen LogP) is 3.96. The van der Waals surface area contributed by atoms with Crippen LogP contribution in [-0.4, -0.2) is 10.9 Å². The Morgan fingerprint density at radius 2 is 1.57 bits per heavy atom. The molecule has 0 unspecified atom stereocenters. The summed E-state index contributed by atoms with van der Waals surface area (Å²) in [4.78, 5) is 16.9. The fourth-order valence-corrected chi connectivity index (χ4v) is 2.84. The van der Waals surface area contributed by atoms with Crippen molar-refractivity contribution in [3.05, 3.63) is 84.2 Å². The summed E-state index contributed by atoms with van der Waals surface area (Å²) in [7, 11) is 0. The molecule has 1 aromatic heterocycles. The van der Waals surface area contributed by atoms with Gasteiger partial charge in [-0.25, -0.2) is 0 Å². The second-order valence-electron chi connectivity index (χ2n) is 5.34. The molecule has 0 aliphatic carbocycles. The van der Waals surface area contributed by atoms with Gasteiger partial charge in [0.25, 0.3) is 0 Å². The Labute approximate surface area is 133 Å². The number of amides is 1. The Morgan fingerprint density at radius 3 is 2.17 bits per heavy atom. The van der Waals surface area contributed by atoms with E-state index in [0.717, 1.165) is 22.6 Å². The number of para-hydroxylation sites is 2. The van der Waals surface area contributed by atoms with E-state index < -0.39 is 5.92 Å². The number of aromatic nitrogens is 1. The van der Waals surface area contributed by atoms with E-state index in [1.165, 1.54) is 0 Å². The van der Waals surface area contributed by atoms with Crippen molar-refractivity contribution in [3.63, 3.8) is 0 Å². The third-order valence-corrected chi connectivity index (χ3v) is 3.87. The van der Waals surface area contributed by atoms with E-state index in [9.17, 15) is 4.79 Å². The van der Waals surface area contributed by atoms with Crippen molar-refractivity contribution in [2.45, 2.75) is 5.92 Å². The maximum absolute atomic E-state index is 12.9. The highest BCUT2D eigenvalue weighted by atomic mass is 16.5. The fourth-order valence-electron chi connectivity index (χ4n) is 2.84. The fraction of sp³-hybridized carbons (Fsp3) is 0.0526. The smallest absolute Gasteiger partial charge is 0.236 e. The molecule has 0 radical (unpaired) electrons. The maximum atomic E-state index is 12.9. The zero-order valence-corrected chi connectivity index (χ0v) is 12.3. The summed E-state index contributed by atoms with van der Waals surface area (Å²) >= 11 is 0. The first-order valence-corrected chi connectivity index (χ1v) is 7.39. The Hall–Kier alpha value is -3.14. The van der Waals surface area contributed by atoms with Gasteiger partial charge in [0.1, 0.15) is 11.5 Å². The molecule has 23 heavy (non-hydrogen) atoms. The topological polar surface area (TPSA) is 51.2 Å². The Bertz CT molecular complexity index is 817. The molecule has 0 saturated heterocycles. The van der Waals surface area contributed by atoms with Crippen LogP contribution in [0.1, 0.15) is 17.0 Å². The molecule has 112 valence electrons. The van der Waals surface area contributed by atoms with Crippen LogP contribution in [0.4, 0.5) is 5.69 Å². The average molecular weight is 302 g/mol. The molecule has 0 fully saturated rings. The normalized spacial score (nSPS) is 12.7. The molecule has 1 aliphatic rings. The number of nitrogens with zero attached hydrogens (tertiary/aromatic N) is 1. The van der Waals surface area contributed by atoms with Gasteiger partial charge in [-0.1, -0.05) is 36.4 Å². The number of anilines is 1. The largest absolute Gasteiger partial charge is 0.457 e. The van der Waals surface area contributed by atoms with Gasteiger partial charge in [-0.15, -0.1) is 0 Å². The lowest BCUT2D eigenvalue weighted by molar-refractivity contribution is -0.116. The molecule has 4 heteroatoms. The minimum Gasteiger partial charge on any atom is -0.457 e. The van der Waals surface area contributed by atoms with Crippen LogP contribution in [0, 0.1) is 0 Å². The Kier molecular flexibility index (Phi) is 3.27. The highest BCUT2D eigenvalue weighted by Crippen LogP contribution is 2.44. The minimum atomic E-state index is -0.406. The SMILES string of the molecule is O=C(Nc1cccnc1)C1c2ccccc2Oc2ccccc21. The Morgan fingerprint density at radius 1 is 0.913 bits per heavy atom. The van der Waals surface area contributed by atoms with Crippen LogP contribution in [0.3, 0.4) is 0 Å². The van der Waals surface area contributed by atoms with Gasteiger partial charge in [-0.2, -0.15) is 0 Å². The number of benzene rings is 2. The molecule has 2 aromatic carbocycles. The second kappa shape index (κ2) is 5.57. The van der Waals surface area contributed by atoms with Gasteiger partial charge in [0.2, 0.25) is 5.91 Å². The number of hydrogen-bond acceptors (Lipinski definition) is 3. The van der Waals surface area contributed by atoms with E-state index in [1.54, 1.807) is 18.5 Å². The molecule has 0 bridgehead atoms.